The van der Waals surface area contributed by atoms with Crippen LogP contribution in [0, 0.1) is 22.7 Å². The minimum Gasteiger partial charge on any atom is -0.465 e. The Morgan fingerprint density at radius 3 is 2.38 bits per heavy atom. The number of hydrogen-bond acceptors (Lipinski definition) is 3. The van der Waals surface area contributed by atoms with Crippen LogP contribution in [-0.4, -0.2) is 12.6 Å². The van der Waals surface area contributed by atoms with Gasteiger partial charge in [0.15, 0.2) is 0 Å². The smallest absolute Gasteiger partial charge is 0.323 e. The van der Waals surface area contributed by atoms with Crippen molar-refractivity contribution in [3.8, 4) is 6.07 Å². The third kappa shape index (κ3) is 3.06. The van der Waals surface area contributed by atoms with Gasteiger partial charge >= 0.3 is 5.97 Å². The van der Waals surface area contributed by atoms with Crippen molar-refractivity contribution in [3.63, 3.8) is 0 Å². The van der Waals surface area contributed by atoms with Gasteiger partial charge in [0.1, 0.15) is 5.92 Å². The highest BCUT2D eigenvalue weighted by molar-refractivity contribution is 5.76. The summed E-state index contributed by atoms with van der Waals surface area (Å²) in [4.78, 5) is 11.3. The van der Waals surface area contributed by atoms with E-state index in [4.69, 9.17) is 10.00 Å². The number of carbonyl (C=O) groups excluding carboxylic acids is 1. The van der Waals surface area contributed by atoms with Gasteiger partial charge in [0.2, 0.25) is 0 Å². The van der Waals surface area contributed by atoms with Crippen molar-refractivity contribution in [2.24, 2.45) is 11.3 Å². The molecule has 0 aliphatic carbocycles. The highest BCUT2D eigenvalue weighted by atomic mass is 16.5. The number of esters is 1. The van der Waals surface area contributed by atoms with Crippen molar-refractivity contribution < 1.29 is 9.53 Å². The van der Waals surface area contributed by atoms with E-state index in [1.807, 2.05) is 26.8 Å². The molecule has 0 aliphatic heterocycles. The van der Waals surface area contributed by atoms with Gasteiger partial charge in [0, 0.05) is 0 Å². The lowest BCUT2D eigenvalue weighted by Crippen LogP contribution is -2.30. The molecule has 3 nitrogen and oxygen atoms in total. The molecule has 0 N–H and O–H groups in total. The third-order valence-corrected chi connectivity index (χ3v) is 2.34. The number of rotatable bonds is 4. The molecule has 0 saturated carbocycles. The second-order valence-corrected chi connectivity index (χ2v) is 3.66. The minimum absolute atomic E-state index is 0.305. The summed E-state index contributed by atoms with van der Waals surface area (Å²) in [6.07, 6.45) is 0.782. The Bertz CT molecular complexity index is 215. The molecular weight excluding hydrogens is 166 g/mol. The van der Waals surface area contributed by atoms with E-state index in [2.05, 4.69) is 0 Å². The molecule has 1 atom stereocenters. The Morgan fingerprint density at radius 2 is 2.08 bits per heavy atom. The summed E-state index contributed by atoms with van der Waals surface area (Å²) in [5, 5.41) is 8.84. The molecule has 0 fully saturated rings. The van der Waals surface area contributed by atoms with E-state index in [-0.39, 0.29) is 5.41 Å². The monoisotopic (exact) mass is 183 g/mol. The highest BCUT2D eigenvalue weighted by Gasteiger charge is 2.34. The molecule has 0 heterocycles. The fourth-order valence-electron chi connectivity index (χ4n) is 0.976. The summed E-state index contributed by atoms with van der Waals surface area (Å²) in [6, 6.07) is 2.00. The van der Waals surface area contributed by atoms with Crippen molar-refractivity contribution in [1.29, 1.82) is 5.26 Å². The first-order chi connectivity index (χ1) is 5.99. The van der Waals surface area contributed by atoms with E-state index >= 15 is 0 Å². The van der Waals surface area contributed by atoms with Crippen LogP contribution in [0.4, 0.5) is 0 Å². The lowest BCUT2D eigenvalue weighted by Gasteiger charge is -2.26. The van der Waals surface area contributed by atoms with Gasteiger partial charge < -0.3 is 4.74 Å². The highest BCUT2D eigenvalue weighted by Crippen LogP contribution is 2.30. The van der Waals surface area contributed by atoms with Crippen LogP contribution in [0.1, 0.15) is 34.1 Å². The van der Waals surface area contributed by atoms with E-state index in [9.17, 15) is 4.79 Å². The zero-order valence-corrected chi connectivity index (χ0v) is 8.76. The van der Waals surface area contributed by atoms with Gasteiger partial charge in [0.05, 0.1) is 12.7 Å². The standard InChI is InChI=1S/C10H17NO2/c1-5-10(3,4)8(7-11)9(12)13-6-2/h8H,5-6H2,1-4H3. The fourth-order valence-corrected chi connectivity index (χ4v) is 0.976. The molecule has 3 heteroatoms. The van der Waals surface area contributed by atoms with Crippen LogP contribution in [-0.2, 0) is 9.53 Å². The maximum atomic E-state index is 11.3. The first-order valence-corrected chi connectivity index (χ1v) is 4.55. The van der Waals surface area contributed by atoms with E-state index in [1.54, 1.807) is 6.92 Å². The van der Waals surface area contributed by atoms with Gasteiger partial charge in [-0.25, -0.2) is 0 Å². The first-order valence-electron chi connectivity index (χ1n) is 4.55. The number of nitriles is 1. The number of ether oxygens (including phenoxy) is 1. The van der Waals surface area contributed by atoms with Gasteiger partial charge in [-0.15, -0.1) is 0 Å². The van der Waals surface area contributed by atoms with E-state index in [0.717, 1.165) is 6.42 Å². The lowest BCUT2D eigenvalue weighted by atomic mass is 9.77. The maximum Gasteiger partial charge on any atom is 0.323 e. The molecule has 0 bridgehead atoms. The van der Waals surface area contributed by atoms with Crippen LogP contribution in [0.2, 0.25) is 0 Å². The molecule has 0 spiro atoms. The third-order valence-electron chi connectivity index (χ3n) is 2.34. The Balaban J connectivity index is 4.53. The average Bonchev–Trinajstić information content (AvgIpc) is 2.05. The van der Waals surface area contributed by atoms with Crippen LogP contribution < -0.4 is 0 Å². The van der Waals surface area contributed by atoms with Gasteiger partial charge in [-0.3, -0.25) is 4.79 Å². The fraction of sp³-hybridized carbons (Fsp3) is 0.800. The van der Waals surface area contributed by atoms with Gasteiger partial charge in [-0.05, 0) is 18.8 Å². The second kappa shape index (κ2) is 4.86. The predicted octanol–water partition coefficient (Wildman–Crippen LogP) is 2.13. The molecule has 1 unspecified atom stereocenters. The molecule has 0 aromatic heterocycles. The Hall–Kier alpha value is -1.04. The summed E-state index contributed by atoms with van der Waals surface area (Å²) in [7, 11) is 0. The van der Waals surface area contributed by atoms with Crippen LogP contribution in [0.15, 0.2) is 0 Å². The number of hydrogen-bond donors (Lipinski definition) is 0. The summed E-state index contributed by atoms with van der Waals surface area (Å²) in [6.45, 7) is 7.83. The molecule has 74 valence electrons. The van der Waals surface area contributed by atoms with Crippen LogP contribution in [0.5, 0.6) is 0 Å². The molecule has 0 aromatic carbocycles. The Labute approximate surface area is 79.7 Å². The topological polar surface area (TPSA) is 50.1 Å². The molecule has 0 aromatic rings. The minimum atomic E-state index is -0.655. The van der Waals surface area contributed by atoms with Crippen molar-refractivity contribution >= 4 is 5.97 Å². The second-order valence-electron chi connectivity index (χ2n) is 3.66. The summed E-state index contributed by atoms with van der Waals surface area (Å²) >= 11 is 0. The van der Waals surface area contributed by atoms with E-state index < -0.39 is 11.9 Å². The van der Waals surface area contributed by atoms with Gasteiger partial charge in [-0.2, -0.15) is 5.26 Å². The number of nitrogens with zero attached hydrogens (tertiary/aromatic N) is 1. The van der Waals surface area contributed by atoms with Crippen molar-refractivity contribution in [2.75, 3.05) is 6.61 Å². The first kappa shape index (κ1) is 12.0. The SMILES string of the molecule is CCOC(=O)C(C#N)C(C)(C)CC. The zero-order valence-electron chi connectivity index (χ0n) is 8.76. The van der Waals surface area contributed by atoms with Crippen LogP contribution in [0.25, 0.3) is 0 Å². The summed E-state index contributed by atoms with van der Waals surface area (Å²) in [5.74, 6) is -1.06. The summed E-state index contributed by atoms with van der Waals surface area (Å²) < 4.78 is 4.82. The number of carbonyl (C=O) groups is 1. The molecule has 0 radical (unpaired) electrons. The van der Waals surface area contributed by atoms with Crippen molar-refractivity contribution in [2.45, 2.75) is 34.1 Å². The average molecular weight is 183 g/mol. The molecular formula is C10H17NO2. The van der Waals surface area contributed by atoms with Crippen LogP contribution >= 0.6 is 0 Å². The lowest BCUT2D eigenvalue weighted by molar-refractivity contribution is -0.149. The molecule has 13 heavy (non-hydrogen) atoms. The van der Waals surface area contributed by atoms with Gasteiger partial charge in [-0.1, -0.05) is 20.8 Å². The van der Waals surface area contributed by atoms with Gasteiger partial charge in [0.25, 0.3) is 0 Å². The molecule has 0 rings (SSSR count). The molecule has 0 amide bonds. The summed E-state index contributed by atoms with van der Waals surface area (Å²) in [5.41, 5.74) is -0.305. The predicted molar refractivity (Wildman–Crippen MR) is 49.8 cm³/mol. The normalized spacial score (nSPS) is 13.2. The van der Waals surface area contributed by atoms with Crippen LogP contribution in [0.3, 0.4) is 0 Å². The van der Waals surface area contributed by atoms with Crippen molar-refractivity contribution in [3.05, 3.63) is 0 Å². The molecule has 0 saturated heterocycles. The molecule has 0 aliphatic rings. The van der Waals surface area contributed by atoms with Crippen molar-refractivity contribution in [1.82, 2.24) is 0 Å². The maximum absolute atomic E-state index is 11.3. The quantitative estimate of drug-likeness (QED) is 0.627. The van der Waals surface area contributed by atoms with E-state index in [1.165, 1.54) is 0 Å². The Morgan fingerprint density at radius 1 is 1.54 bits per heavy atom. The van der Waals surface area contributed by atoms with E-state index in [0.29, 0.717) is 6.61 Å². The Kier molecular flexibility index (Phi) is 4.47. The largest absolute Gasteiger partial charge is 0.465 e. The zero-order chi connectivity index (χ0) is 10.5.